The van der Waals surface area contributed by atoms with Gasteiger partial charge in [-0.15, -0.1) is 15.3 Å². The summed E-state index contributed by atoms with van der Waals surface area (Å²) in [6.07, 6.45) is 0. The average Bonchev–Trinajstić information content (AvgIpc) is 2.81. The molecule has 1 atom stereocenters. The highest BCUT2D eigenvalue weighted by Gasteiger charge is 2.08. The van der Waals surface area contributed by atoms with Crippen molar-refractivity contribution in [2.24, 2.45) is 0 Å². The van der Waals surface area contributed by atoms with Crippen LogP contribution in [0.3, 0.4) is 0 Å². The van der Waals surface area contributed by atoms with Crippen LogP contribution >= 0.6 is 0 Å². The number of halogens is 1. The number of fused-ring (bicyclic) bond motifs is 1. The first-order valence-corrected chi connectivity index (χ1v) is 6.34. The van der Waals surface area contributed by atoms with Gasteiger partial charge in [0.2, 0.25) is 0 Å². The fraction of sp³-hybridized carbons (Fsp3) is 0.214. The Bertz CT molecular complexity index is 735. The Hall–Kier alpha value is -2.50. The van der Waals surface area contributed by atoms with Gasteiger partial charge in [-0.05, 0) is 43.7 Å². The molecule has 0 saturated heterocycles. The van der Waals surface area contributed by atoms with Crippen LogP contribution in [0.25, 0.3) is 5.65 Å². The number of nitrogens with one attached hydrogen (secondary N) is 1. The molecule has 1 N–H and O–H groups in total. The summed E-state index contributed by atoms with van der Waals surface area (Å²) in [6, 6.07) is 10.2. The summed E-state index contributed by atoms with van der Waals surface area (Å²) in [5.41, 5.74) is 1.70. The Kier molecular flexibility index (Phi) is 3.06. The average molecular weight is 271 g/mol. The lowest BCUT2D eigenvalue weighted by atomic mass is 10.1. The lowest BCUT2D eigenvalue weighted by Gasteiger charge is -2.14. The van der Waals surface area contributed by atoms with E-state index in [9.17, 15) is 4.39 Å². The van der Waals surface area contributed by atoms with Crippen molar-refractivity contribution < 1.29 is 4.39 Å². The molecule has 3 rings (SSSR count). The first-order valence-electron chi connectivity index (χ1n) is 6.34. The number of hydrogen-bond donors (Lipinski definition) is 1. The molecule has 2 heterocycles. The minimum Gasteiger partial charge on any atom is -0.362 e. The van der Waals surface area contributed by atoms with Crippen LogP contribution < -0.4 is 5.32 Å². The maximum Gasteiger partial charge on any atom is 0.178 e. The van der Waals surface area contributed by atoms with E-state index in [2.05, 4.69) is 20.6 Å². The molecule has 1 aromatic carbocycles. The maximum absolute atomic E-state index is 12.9. The fourth-order valence-corrected chi connectivity index (χ4v) is 2.03. The smallest absolute Gasteiger partial charge is 0.178 e. The summed E-state index contributed by atoms with van der Waals surface area (Å²) < 4.78 is 14.6. The van der Waals surface area contributed by atoms with Gasteiger partial charge >= 0.3 is 0 Å². The molecule has 0 spiro atoms. The molecule has 0 aliphatic carbocycles. The molecule has 0 saturated carbocycles. The summed E-state index contributed by atoms with van der Waals surface area (Å²) in [7, 11) is 0. The van der Waals surface area contributed by atoms with Gasteiger partial charge < -0.3 is 5.32 Å². The molecule has 6 heteroatoms. The zero-order valence-corrected chi connectivity index (χ0v) is 11.2. The molecule has 2 aromatic heterocycles. The number of rotatable bonds is 3. The van der Waals surface area contributed by atoms with Crippen molar-refractivity contribution in [2.75, 3.05) is 5.32 Å². The molecule has 3 aromatic rings. The second-order valence-electron chi connectivity index (χ2n) is 4.65. The zero-order valence-electron chi connectivity index (χ0n) is 11.2. The van der Waals surface area contributed by atoms with Gasteiger partial charge in [0.15, 0.2) is 11.5 Å². The Morgan fingerprint density at radius 2 is 1.85 bits per heavy atom. The molecule has 20 heavy (non-hydrogen) atoms. The summed E-state index contributed by atoms with van der Waals surface area (Å²) in [5, 5.41) is 15.7. The van der Waals surface area contributed by atoms with E-state index in [0.717, 1.165) is 17.2 Å². The van der Waals surface area contributed by atoms with Crippen LogP contribution in [0.15, 0.2) is 36.4 Å². The monoisotopic (exact) mass is 271 g/mol. The van der Waals surface area contributed by atoms with Gasteiger partial charge in [-0.3, -0.25) is 0 Å². The Labute approximate surface area is 115 Å². The molecular formula is C14H14FN5. The van der Waals surface area contributed by atoms with Crippen molar-refractivity contribution in [1.82, 2.24) is 19.8 Å². The first kappa shape index (κ1) is 12.5. The van der Waals surface area contributed by atoms with E-state index in [1.807, 2.05) is 26.0 Å². The number of hydrogen-bond acceptors (Lipinski definition) is 4. The molecule has 0 amide bonds. The highest BCUT2D eigenvalue weighted by atomic mass is 19.1. The quantitative estimate of drug-likeness (QED) is 0.795. The lowest BCUT2D eigenvalue weighted by molar-refractivity contribution is 0.626. The molecule has 0 radical (unpaired) electrons. The SMILES string of the molecule is Cc1nnc2ccc(N[C@H](C)c3ccc(F)cc3)nn12. The molecule has 0 unspecified atom stereocenters. The van der Waals surface area contributed by atoms with E-state index in [4.69, 9.17) is 0 Å². The van der Waals surface area contributed by atoms with Crippen molar-refractivity contribution in [1.29, 1.82) is 0 Å². The fourth-order valence-electron chi connectivity index (χ4n) is 2.03. The van der Waals surface area contributed by atoms with E-state index in [0.29, 0.717) is 5.65 Å². The van der Waals surface area contributed by atoms with Gasteiger partial charge in [0.05, 0.1) is 6.04 Å². The van der Waals surface area contributed by atoms with Crippen molar-refractivity contribution in [3.8, 4) is 0 Å². The minimum absolute atomic E-state index is 0.0253. The minimum atomic E-state index is -0.236. The summed E-state index contributed by atoms with van der Waals surface area (Å²) in [5.74, 6) is 1.22. The first-order chi connectivity index (χ1) is 9.63. The molecule has 102 valence electrons. The number of aryl methyl sites for hydroxylation is 1. The van der Waals surface area contributed by atoms with E-state index in [-0.39, 0.29) is 11.9 Å². The molecular weight excluding hydrogens is 257 g/mol. The van der Waals surface area contributed by atoms with Crippen LogP contribution in [0.2, 0.25) is 0 Å². The summed E-state index contributed by atoms with van der Waals surface area (Å²) in [4.78, 5) is 0. The molecule has 0 fully saturated rings. The van der Waals surface area contributed by atoms with Gasteiger partial charge in [0.1, 0.15) is 11.6 Å². The van der Waals surface area contributed by atoms with Crippen molar-refractivity contribution in [3.63, 3.8) is 0 Å². The van der Waals surface area contributed by atoms with E-state index in [1.54, 1.807) is 16.6 Å². The van der Waals surface area contributed by atoms with Crippen LogP contribution in [-0.2, 0) is 0 Å². The van der Waals surface area contributed by atoms with E-state index < -0.39 is 0 Å². The summed E-state index contributed by atoms with van der Waals surface area (Å²) in [6.45, 7) is 3.85. The topological polar surface area (TPSA) is 55.1 Å². The molecule has 0 aliphatic heterocycles. The van der Waals surface area contributed by atoms with Crippen LogP contribution in [0, 0.1) is 12.7 Å². The third-order valence-electron chi connectivity index (χ3n) is 3.15. The Morgan fingerprint density at radius 3 is 2.60 bits per heavy atom. The third-order valence-corrected chi connectivity index (χ3v) is 3.15. The van der Waals surface area contributed by atoms with E-state index >= 15 is 0 Å². The van der Waals surface area contributed by atoms with Crippen LogP contribution in [0.4, 0.5) is 10.2 Å². The zero-order chi connectivity index (χ0) is 14.1. The second kappa shape index (κ2) is 4.88. The predicted molar refractivity (Wildman–Crippen MR) is 74.0 cm³/mol. The number of aromatic nitrogens is 4. The van der Waals surface area contributed by atoms with Crippen LogP contribution in [0.1, 0.15) is 24.4 Å². The molecule has 5 nitrogen and oxygen atoms in total. The van der Waals surface area contributed by atoms with Gasteiger partial charge in [-0.2, -0.15) is 4.52 Å². The standard InChI is InChI=1S/C14H14FN5/c1-9(11-3-5-12(15)6-4-11)16-13-7-8-14-18-17-10(2)20(14)19-13/h3-9H,1-2H3,(H,16,19)/t9-/m1/s1. The van der Waals surface area contributed by atoms with Crippen molar-refractivity contribution >= 4 is 11.5 Å². The largest absolute Gasteiger partial charge is 0.362 e. The highest BCUT2D eigenvalue weighted by molar-refractivity contribution is 5.45. The lowest BCUT2D eigenvalue weighted by Crippen LogP contribution is -2.09. The van der Waals surface area contributed by atoms with Crippen LogP contribution in [-0.4, -0.2) is 19.8 Å². The van der Waals surface area contributed by atoms with Gasteiger partial charge in [-0.25, -0.2) is 4.39 Å². The predicted octanol–water partition coefficient (Wildman–Crippen LogP) is 2.74. The molecule has 0 bridgehead atoms. The third kappa shape index (κ3) is 2.32. The molecule has 0 aliphatic rings. The van der Waals surface area contributed by atoms with Gasteiger partial charge in [0, 0.05) is 0 Å². The van der Waals surface area contributed by atoms with Gasteiger partial charge in [0.25, 0.3) is 0 Å². The summed E-state index contributed by atoms with van der Waals surface area (Å²) >= 11 is 0. The Balaban J connectivity index is 1.84. The Morgan fingerprint density at radius 1 is 1.10 bits per heavy atom. The number of benzene rings is 1. The highest BCUT2D eigenvalue weighted by Crippen LogP contribution is 2.18. The number of anilines is 1. The van der Waals surface area contributed by atoms with E-state index in [1.165, 1.54) is 12.1 Å². The normalized spacial score (nSPS) is 12.6. The van der Waals surface area contributed by atoms with Crippen molar-refractivity contribution in [3.05, 3.63) is 53.6 Å². The van der Waals surface area contributed by atoms with Crippen molar-refractivity contribution in [2.45, 2.75) is 19.9 Å². The van der Waals surface area contributed by atoms with Gasteiger partial charge in [-0.1, -0.05) is 12.1 Å². The number of nitrogens with zero attached hydrogens (tertiary/aromatic N) is 4. The van der Waals surface area contributed by atoms with Crippen LogP contribution in [0.5, 0.6) is 0 Å². The maximum atomic E-state index is 12.9. The second-order valence-corrected chi connectivity index (χ2v) is 4.65.